The zero-order valence-corrected chi connectivity index (χ0v) is 17.5. The number of nitrogens with one attached hydrogen (secondary N) is 2. The predicted molar refractivity (Wildman–Crippen MR) is 111 cm³/mol. The number of aromatic nitrogens is 2. The molecular weight excluding hydrogens is 396 g/mol. The number of hydrogen-bond acceptors (Lipinski definition) is 6. The summed E-state index contributed by atoms with van der Waals surface area (Å²) in [6, 6.07) is 4.06. The summed E-state index contributed by atoms with van der Waals surface area (Å²) in [4.78, 5) is 37.4. The molecule has 1 aliphatic heterocycles. The summed E-state index contributed by atoms with van der Waals surface area (Å²) in [6.45, 7) is 7.17. The molecule has 7 nitrogen and oxygen atoms in total. The normalized spacial score (nSPS) is 16.4. The number of nitrogens with zero attached hydrogens (tertiary/aromatic N) is 2. The van der Waals surface area contributed by atoms with Crippen molar-refractivity contribution in [2.75, 3.05) is 32.8 Å². The summed E-state index contributed by atoms with van der Waals surface area (Å²) in [5.74, 6) is 0.705. The second kappa shape index (κ2) is 8.02. The van der Waals surface area contributed by atoms with Crippen molar-refractivity contribution in [2.24, 2.45) is 0 Å². The molecule has 1 saturated heterocycles. The number of rotatable bonds is 4. The molecule has 3 aromatic heterocycles. The van der Waals surface area contributed by atoms with Crippen LogP contribution in [0.3, 0.4) is 0 Å². The monoisotopic (exact) mass is 419 g/mol. The Kier molecular flexibility index (Phi) is 5.47. The van der Waals surface area contributed by atoms with Gasteiger partial charge in [0.2, 0.25) is 0 Å². The van der Waals surface area contributed by atoms with Gasteiger partial charge in [-0.15, -0.1) is 22.7 Å². The van der Waals surface area contributed by atoms with E-state index in [0.29, 0.717) is 30.9 Å². The number of H-pyrrole nitrogens is 1. The van der Waals surface area contributed by atoms with Crippen LogP contribution < -0.4 is 10.5 Å². The summed E-state index contributed by atoms with van der Waals surface area (Å²) in [5, 5.41) is 4.69. The standard InChI is InChI=1S/C19H22N4O3S2/c1-3-26-19(25)23-8-6-22(7-9-23)12(2)16-20-17(24)15-13(11-28-18(15)21-16)14-5-4-10-27-14/h4-5,10-12H,3,6-9H2,1-2H3,(H,20,21,24)/p+1/t12-/m1/s1. The van der Waals surface area contributed by atoms with Gasteiger partial charge in [-0.2, -0.15) is 0 Å². The molecular formula is C19H23N4O3S2+. The van der Waals surface area contributed by atoms with Crippen molar-refractivity contribution in [1.29, 1.82) is 0 Å². The fraction of sp³-hybridized carbons (Fsp3) is 0.421. The Hall–Kier alpha value is -2.23. The molecule has 148 valence electrons. The minimum atomic E-state index is -0.248. The third-order valence-electron chi connectivity index (χ3n) is 5.20. The van der Waals surface area contributed by atoms with Gasteiger partial charge in [0.25, 0.3) is 5.56 Å². The molecule has 28 heavy (non-hydrogen) atoms. The fourth-order valence-electron chi connectivity index (χ4n) is 3.60. The SMILES string of the molecule is CCOC(=O)N1CC[NH+]([C@H](C)c2nc3scc(-c4cccs4)c3c(=O)[nH]2)CC1. The molecule has 4 heterocycles. The smallest absolute Gasteiger partial charge is 0.410 e. The van der Waals surface area contributed by atoms with Gasteiger partial charge in [0.15, 0.2) is 5.82 Å². The first-order valence-electron chi connectivity index (χ1n) is 9.40. The van der Waals surface area contributed by atoms with Crippen LogP contribution in [0.2, 0.25) is 0 Å². The van der Waals surface area contributed by atoms with Crippen LogP contribution in [0.1, 0.15) is 25.7 Å². The lowest BCUT2D eigenvalue weighted by Gasteiger charge is -2.34. The Morgan fingerprint density at radius 2 is 2.18 bits per heavy atom. The second-order valence-corrected chi connectivity index (χ2v) is 8.63. The number of piperazine rings is 1. The zero-order chi connectivity index (χ0) is 19.7. The molecule has 2 N–H and O–H groups in total. The van der Waals surface area contributed by atoms with Crippen LogP contribution in [0, 0.1) is 0 Å². The number of carbonyl (C=O) groups is 1. The van der Waals surface area contributed by atoms with Crippen LogP contribution in [0.15, 0.2) is 27.7 Å². The van der Waals surface area contributed by atoms with E-state index in [1.807, 2.05) is 29.8 Å². The van der Waals surface area contributed by atoms with Crippen LogP contribution in [0.25, 0.3) is 20.7 Å². The highest BCUT2D eigenvalue weighted by atomic mass is 32.1. The lowest BCUT2D eigenvalue weighted by atomic mass is 10.2. The van der Waals surface area contributed by atoms with Gasteiger partial charge < -0.3 is 14.6 Å². The molecule has 0 saturated carbocycles. The Morgan fingerprint density at radius 3 is 2.86 bits per heavy atom. The quantitative estimate of drug-likeness (QED) is 0.679. The molecule has 1 fully saturated rings. The first kappa shape index (κ1) is 19.1. The Balaban J connectivity index is 1.53. The van der Waals surface area contributed by atoms with E-state index in [-0.39, 0.29) is 17.7 Å². The number of thiophene rings is 2. The van der Waals surface area contributed by atoms with Crippen molar-refractivity contribution >= 4 is 39.0 Å². The molecule has 4 rings (SSSR count). The lowest BCUT2D eigenvalue weighted by molar-refractivity contribution is -0.934. The van der Waals surface area contributed by atoms with Crippen molar-refractivity contribution in [3.63, 3.8) is 0 Å². The third-order valence-corrected chi connectivity index (χ3v) is 6.98. The summed E-state index contributed by atoms with van der Waals surface area (Å²) in [7, 11) is 0. The maximum atomic E-state index is 12.8. The van der Waals surface area contributed by atoms with Crippen molar-refractivity contribution in [3.8, 4) is 10.4 Å². The molecule has 1 atom stereocenters. The van der Waals surface area contributed by atoms with E-state index in [4.69, 9.17) is 9.72 Å². The number of amides is 1. The van der Waals surface area contributed by atoms with Crippen LogP contribution in [0.5, 0.6) is 0 Å². The maximum Gasteiger partial charge on any atom is 0.410 e. The van der Waals surface area contributed by atoms with E-state index in [1.165, 1.54) is 16.2 Å². The number of ether oxygens (including phenoxy) is 1. The summed E-state index contributed by atoms with van der Waals surface area (Å²) in [5.41, 5.74) is 0.874. The van der Waals surface area contributed by atoms with Gasteiger partial charge in [0.05, 0.1) is 38.2 Å². The lowest BCUT2D eigenvalue weighted by Crippen LogP contribution is -3.14. The average Bonchev–Trinajstić information content (AvgIpc) is 3.37. The first-order chi connectivity index (χ1) is 13.6. The van der Waals surface area contributed by atoms with Gasteiger partial charge in [-0.25, -0.2) is 9.78 Å². The van der Waals surface area contributed by atoms with Crippen LogP contribution >= 0.6 is 22.7 Å². The number of carbonyl (C=O) groups excluding carboxylic acids is 1. The van der Waals surface area contributed by atoms with Crippen molar-refractivity contribution < 1.29 is 14.4 Å². The molecule has 0 unspecified atom stereocenters. The Bertz CT molecular complexity index is 1020. The highest BCUT2D eigenvalue weighted by molar-refractivity contribution is 7.18. The largest absolute Gasteiger partial charge is 0.450 e. The molecule has 9 heteroatoms. The Morgan fingerprint density at radius 1 is 1.39 bits per heavy atom. The number of quaternary nitrogens is 1. The average molecular weight is 420 g/mol. The third kappa shape index (κ3) is 3.57. The van der Waals surface area contributed by atoms with Crippen LogP contribution in [-0.2, 0) is 4.74 Å². The summed E-state index contributed by atoms with van der Waals surface area (Å²) < 4.78 is 5.08. The Labute approximate surface area is 170 Å². The summed E-state index contributed by atoms with van der Waals surface area (Å²) in [6.07, 6.45) is -0.248. The van der Waals surface area contributed by atoms with Crippen molar-refractivity contribution in [1.82, 2.24) is 14.9 Å². The van der Waals surface area contributed by atoms with Crippen molar-refractivity contribution in [2.45, 2.75) is 19.9 Å². The maximum absolute atomic E-state index is 12.8. The predicted octanol–water partition coefficient (Wildman–Crippen LogP) is 2.13. The van der Waals surface area contributed by atoms with E-state index in [0.717, 1.165) is 28.4 Å². The fourth-order valence-corrected chi connectivity index (χ4v) is 5.37. The van der Waals surface area contributed by atoms with Gasteiger partial charge in [-0.05, 0) is 25.3 Å². The van der Waals surface area contributed by atoms with E-state index >= 15 is 0 Å². The second-order valence-electron chi connectivity index (χ2n) is 6.82. The van der Waals surface area contributed by atoms with Gasteiger partial charge in [-0.1, -0.05) is 6.07 Å². The molecule has 0 aromatic carbocycles. The summed E-state index contributed by atoms with van der Waals surface area (Å²) >= 11 is 3.13. The van der Waals surface area contributed by atoms with Crippen molar-refractivity contribution in [3.05, 3.63) is 39.1 Å². The highest BCUT2D eigenvalue weighted by Crippen LogP contribution is 2.33. The number of hydrogen-bond donors (Lipinski definition) is 2. The van der Waals surface area contributed by atoms with E-state index in [1.54, 1.807) is 16.2 Å². The van der Waals surface area contributed by atoms with E-state index in [2.05, 4.69) is 11.9 Å². The molecule has 0 bridgehead atoms. The van der Waals surface area contributed by atoms with Gasteiger partial charge in [0, 0.05) is 15.8 Å². The van der Waals surface area contributed by atoms with Gasteiger partial charge in [0.1, 0.15) is 10.9 Å². The topological polar surface area (TPSA) is 79.7 Å². The zero-order valence-electron chi connectivity index (χ0n) is 15.9. The minimum absolute atomic E-state index is 0.0498. The van der Waals surface area contributed by atoms with Crippen LogP contribution in [0.4, 0.5) is 4.79 Å². The molecule has 0 aliphatic carbocycles. The molecule has 1 aliphatic rings. The molecule has 3 aromatic rings. The van der Waals surface area contributed by atoms with Gasteiger partial charge >= 0.3 is 6.09 Å². The molecule has 0 radical (unpaired) electrons. The van der Waals surface area contributed by atoms with E-state index in [9.17, 15) is 9.59 Å². The highest BCUT2D eigenvalue weighted by Gasteiger charge is 2.30. The molecule has 1 amide bonds. The van der Waals surface area contributed by atoms with Gasteiger partial charge in [-0.3, -0.25) is 9.69 Å². The number of fused-ring (bicyclic) bond motifs is 1. The van der Waals surface area contributed by atoms with Crippen LogP contribution in [-0.4, -0.2) is 53.7 Å². The number of aromatic amines is 1. The van der Waals surface area contributed by atoms with E-state index < -0.39 is 0 Å². The first-order valence-corrected chi connectivity index (χ1v) is 11.2. The molecule has 0 spiro atoms. The minimum Gasteiger partial charge on any atom is -0.450 e.